The molecular weight excluding hydrogens is 423 g/mol. The van der Waals surface area contributed by atoms with Crippen LogP contribution in [-0.2, 0) is 14.8 Å². The Balaban J connectivity index is 1.75. The first-order valence-electron chi connectivity index (χ1n) is 8.69. The first-order valence-corrected chi connectivity index (χ1v) is 10.9. The molecule has 150 valence electrons. The van der Waals surface area contributed by atoms with Crippen molar-refractivity contribution < 1.29 is 17.9 Å². The lowest BCUT2D eigenvalue weighted by Crippen LogP contribution is -2.48. The second kappa shape index (κ2) is 8.39. The molecule has 1 heterocycles. The normalized spacial score (nSPS) is 20.7. The van der Waals surface area contributed by atoms with E-state index >= 15 is 0 Å². The lowest BCUT2D eigenvalue weighted by Gasteiger charge is -2.34. The highest BCUT2D eigenvalue weighted by molar-refractivity contribution is 7.89. The fraction of sp³-hybridized carbons (Fsp3) is 0.316. The zero-order valence-electron chi connectivity index (χ0n) is 15.4. The Kier molecular flexibility index (Phi) is 6.31. The molecule has 3 rings (SSSR count). The highest BCUT2D eigenvalue weighted by atomic mass is 35.5. The van der Waals surface area contributed by atoms with Crippen molar-refractivity contribution in [2.24, 2.45) is 0 Å². The number of nitrogens with zero attached hydrogens (tertiary/aromatic N) is 1. The molecule has 2 aromatic carbocycles. The van der Waals surface area contributed by atoms with Crippen LogP contribution in [-0.4, -0.2) is 43.9 Å². The van der Waals surface area contributed by atoms with Gasteiger partial charge in [0.1, 0.15) is 0 Å². The van der Waals surface area contributed by atoms with E-state index in [0.717, 1.165) is 0 Å². The number of sulfonamides is 1. The van der Waals surface area contributed by atoms with Gasteiger partial charge in [0.2, 0.25) is 10.0 Å². The summed E-state index contributed by atoms with van der Waals surface area (Å²) < 4.78 is 32.7. The molecule has 1 N–H and O–H groups in total. The van der Waals surface area contributed by atoms with Crippen molar-refractivity contribution in [1.29, 1.82) is 0 Å². The maximum absolute atomic E-state index is 12.9. The minimum Gasteiger partial charge on any atom is -0.373 e. The van der Waals surface area contributed by atoms with Crippen LogP contribution in [0.15, 0.2) is 47.4 Å². The summed E-state index contributed by atoms with van der Waals surface area (Å²) >= 11 is 11.8. The van der Waals surface area contributed by atoms with Crippen LogP contribution < -0.4 is 5.32 Å². The quantitative estimate of drug-likeness (QED) is 0.774. The van der Waals surface area contributed by atoms with Crippen molar-refractivity contribution in [3.63, 3.8) is 0 Å². The van der Waals surface area contributed by atoms with E-state index in [1.165, 1.54) is 28.6 Å². The molecule has 1 saturated heterocycles. The third-order valence-corrected chi connectivity index (χ3v) is 6.90. The number of hydrogen-bond donors (Lipinski definition) is 1. The van der Waals surface area contributed by atoms with Crippen LogP contribution in [0.25, 0.3) is 0 Å². The summed E-state index contributed by atoms with van der Waals surface area (Å²) in [6.07, 6.45) is -0.343. The Bertz CT molecular complexity index is 970. The number of rotatable bonds is 4. The smallest absolute Gasteiger partial charge is 0.255 e. The van der Waals surface area contributed by atoms with Gasteiger partial charge in [-0.25, -0.2) is 8.42 Å². The SMILES string of the molecule is CC1CN(S(=O)(=O)c2ccc(C(=O)Nc3ccc(Cl)c(Cl)c3)cc2)CC(C)O1. The van der Waals surface area contributed by atoms with E-state index in [1.54, 1.807) is 18.2 Å². The van der Waals surface area contributed by atoms with Gasteiger partial charge in [-0.1, -0.05) is 23.2 Å². The van der Waals surface area contributed by atoms with Gasteiger partial charge in [-0.3, -0.25) is 4.79 Å². The fourth-order valence-corrected chi connectivity index (χ4v) is 4.92. The summed E-state index contributed by atoms with van der Waals surface area (Å²) in [4.78, 5) is 12.5. The third kappa shape index (κ3) is 4.67. The topological polar surface area (TPSA) is 75.7 Å². The Morgan fingerprint density at radius 1 is 1.04 bits per heavy atom. The number of carbonyl (C=O) groups is 1. The largest absolute Gasteiger partial charge is 0.373 e. The lowest BCUT2D eigenvalue weighted by atomic mass is 10.2. The van der Waals surface area contributed by atoms with Crippen LogP contribution in [0.5, 0.6) is 0 Å². The molecule has 0 saturated carbocycles. The second-order valence-corrected chi connectivity index (χ2v) is 9.44. The zero-order chi connectivity index (χ0) is 20.5. The van der Waals surface area contributed by atoms with E-state index in [0.29, 0.717) is 34.4 Å². The van der Waals surface area contributed by atoms with Crippen LogP contribution in [0, 0.1) is 0 Å². The van der Waals surface area contributed by atoms with Crippen molar-refractivity contribution >= 4 is 44.8 Å². The maximum atomic E-state index is 12.9. The fourth-order valence-electron chi connectivity index (χ4n) is 3.03. The number of ether oxygens (including phenoxy) is 1. The number of morpholine rings is 1. The van der Waals surface area contributed by atoms with E-state index in [1.807, 2.05) is 13.8 Å². The maximum Gasteiger partial charge on any atom is 0.255 e. The molecule has 1 fully saturated rings. The molecule has 0 bridgehead atoms. The molecule has 0 aromatic heterocycles. The predicted octanol–water partition coefficient (Wildman–Crippen LogP) is 4.04. The predicted molar refractivity (Wildman–Crippen MR) is 110 cm³/mol. The van der Waals surface area contributed by atoms with Crippen LogP contribution in [0.4, 0.5) is 5.69 Å². The zero-order valence-corrected chi connectivity index (χ0v) is 17.7. The first kappa shape index (κ1) is 21.1. The van der Waals surface area contributed by atoms with E-state index in [2.05, 4.69) is 5.32 Å². The molecule has 28 heavy (non-hydrogen) atoms. The van der Waals surface area contributed by atoms with Crippen LogP contribution in [0.3, 0.4) is 0 Å². The summed E-state index contributed by atoms with van der Waals surface area (Å²) in [6, 6.07) is 10.6. The molecule has 1 aliphatic heterocycles. The van der Waals surface area contributed by atoms with E-state index in [4.69, 9.17) is 27.9 Å². The van der Waals surface area contributed by atoms with Crippen molar-refractivity contribution in [3.8, 4) is 0 Å². The number of benzene rings is 2. The Morgan fingerprint density at radius 2 is 1.64 bits per heavy atom. The van der Waals surface area contributed by atoms with Gasteiger partial charge in [-0.2, -0.15) is 4.31 Å². The van der Waals surface area contributed by atoms with Gasteiger partial charge < -0.3 is 10.1 Å². The number of halogens is 2. The van der Waals surface area contributed by atoms with Gasteiger partial charge in [0, 0.05) is 24.3 Å². The summed E-state index contributed by atoms with van der Waals surface area (Å²) in [6.45, 7) is 4.28. The number of amides is 1. The minimum atomic E-state index is -3.65. The standard InChI is InChI=1S/C19H20Cl2N2O4S/c1-12-10-23(11-13(2)27-12)28(25,26)16-6-3-14(4-7-16)19(24)22-15-5-8-17(20)18(21)9-15/h3-9,12-13H,10-11H2,1-2H3,(H,22,24). The monoisotopic (exact) mass is 442 g/mol. The number of hydrogen-bond acceptors (Lipinski definition) is 4. The van der Waals surface area contributed by atoms with Crippen molar-refractivity contribution in [1.82, 2.24) is 4.31 Å². The van der Waals surface area contributed by atoms with Crippen molar-refractivity contribution in [2.75, 3.05) is 18.4 Å². The summed E-state index contributed by atoms with van der Waals surface area (Å²) in [5.41, 5.74) is 0.820. The Morgan fingerprint density at radius 3 is 2.21 bits per heavy atom. The Labute approximate surface area is 174 Å². The molecular formula is C19H20Cl2N2O4S. The molecule has 6 nitrogen and oxygen atoms in total. The van der Waals surface area contributed by atoms with E-state index < -0.39 is 10.0 Å². The molecule has 2 unspecified atom stereocenters. The second-order valence-electron chi connectivity index (χ2n) is 6.69. The molecule has 9 heteroatoms. The average molecular weight is 443 g/mol. The highest BCUT2D eigenvalue weighted by Crippen LogP contribution is 2.26. The van der Waals surface area contributed by atoms with Crippen LogP contribution in [0.2, 0.25) is 10.0 Å². The number of carbonyl (C=O) groups excluding carboxylic acids is 1. The van der Waals surface area contributed by atoms with E-state index in [-0.39, 0.29) is 23.0 Å². The molecule has 0 aliphatic carbocycles. The molecule has 1 aliphatic rings. The minimum absolute atomic E-state index is 0.139. The number of nitrogens with one attached hydrogen (secondary N) is 1. The first-order chi connectivity index (χ1) is 13.2. The molecule has 0 radical (unpaired) electrons. The third-order valence-electron chi connectivity index (χ3n) is 4.32. The van der Waals surface area contributed by atoms with Crippen molar-refractivity contribution in [2.45, 2.75) is 31.0 Å². The van der Waals surface area contributed by atoms with E-state index in [9.17, 15) is 13.2 Å². The molecule has 0 spiro atoms. The van der Waals surface area contributed by atoms with Gasteiger partial charge in [-0.05, 0) is 56.3 Å². The molecule has 1 amide bonds. The van der Waals surface area contributed by atoms with Gasteiger partial charge in [0.05, 0.1) is 27.1 Å². The summed E-state index contributed by atoms with van der Waals surface area (Å²) in [7, 11) is -3.65. The van der Waals surface area contributed by atoms with Gasteiger partial charge in [0.25, 0.3) is 5.91 Å². The number of anilines is 1. The molecule has 2 atom stereocenters. The van der Waals surface area contributed by atoms with Crippen LogP contribution in [0.1, 0.15) is 24.2 Å². The summed E-state index contributed by atoms with van der Waals surface area (Å²) in [5, 5.41) is 3.42. The van der Waals surface area contributed by atoms with Crippen LogP contribution >= 0.6 is 23.2 Å². The summed E-state index contributed by atoms with van der Waals surface area (Å²) in [5.74, 6) is -0.379. The average Bonchev–Trinajstić information content (AvgIpc) is 2.64. The van der Waals surface area contributed by atoms with Gasteiger partial charge in [0.15, 0.2) is 0 Å². The Hall–Kier alpha value is -1.64. The molecule has 2 aromatic rings. The van der Waals surface area contributed by atoms with Gasteiger partial charge >= 0.3 is 0 Å². The lowest BCUT2D eigenvalue weighted by molar-refractivity contribution is -0.0440. The highest BCUT2D eigenvalue weighted by Gasteiger charge is 2.32. The van der Waals surface area contributed by atoms with Crippen molar-refractivity contribution in [3.05, 3.63) is 58.1 Å². The van der Waals surface area contributed by atoms with Gasteiger partial charge in [-0.15, -0.1) is 0 Å².